The Morgan fingerprint density at radius 2 is 1.90 bits per heavy atom. The Balaban J connectivity index is 0.00000341. The normalized spacial score (nSPS) is 16.4. The maximum atomic E-state index is 13.8. The van der Waals surface area contributed by atoms with Crippen LogP contribution in [0.3, 0.4) is 0 Å². The highest BCUT2D eigenvalue weighted by atomic mass is 127. The molecular weight excluding hydrogens is 534 g/mol. The predicted molar refractivity (Wildman–Crippen MR) is 130 cm³/mol. The second-order valence-corrected chi connectivity index (χ2v) is 9.33. The third-order valence-corrected chi connectivity index (χ3v) is 6.97. The highest BCUT2D eigenvalue weighted by Gasteiger charge is 2.25. The minimum atomic E-state index is -3.72. The van der Waals surface area contributed by atoms with Crippen LogP contribution in [0.15, 0.2) is 57.0 Å². The number of piperidine rings is 1. The van der Waals surface area contributed by atoms with E-state index in [0.717, 1.165) is 37.8 Å². The largest absolute Gasteiger partial charge is 0.468 e. The number of hydrogen-bond acceptors (Lipinski definition) is 5. The number of likely N-dealkylation sites (tertiary alicyclic amines) is 1. The maximum Gasteiger partial charge on any atom is 0.191 e. The first-order chi connectivity index (χ1) is 14.5. The predicted octanol–water partition coefficient (Wildman–Crippen LogP) is 3.20. The van der Waals surface area contributed by atoms with Crippen molar-refractivity contribution in [2.45, 2.75) is 30.2 Å². The summed E-state index contributed by atoms with van der Waals surface area (Å²) in [6.45, 7) is 2.72. The summed E-state index contributed by atoms with van der Waals surface area (Å²) in [5.41, 5.74) is 0. The van der Waals surface area contributed by atoms with Gasteiger partial charge in [0.25, 0.3) is 0 Å². The third-order valence-electron chi connectivity index (χ3n) is 5.22. The molecule has 1 unspecified atom stereocenters. The van der Waals surface area contributed by atoms with Gasteiger partial charge in [0.05, 0.1) is 18.1 Å². The molecule has 3 rings (SSSR count). The Kier molecular flexibility index (Phi) is 10.2. The van der Waals surface area contributed by atoms with Crippen LogP contribution in [0.2, 0.25) is 0 Å². The molecule has 0 amide bonds. The molecule has 2 heterocycles. The van der Waals surface area contributed by atoms with E-state index in [1.165, 1.54) is 24.6 Å². The highest BCUT2D eigenvalue weighted by molar-refractivity contribution is 14.0. The molecule has 1 atom stereocenters. The van der Waals surface area contributed by atoms with Crippen molar-refractivity contribution in [1.29, 1.82) is 0 Å². The molecule has 0 aliphatic carbocycles. The molecule has 31 heavy (non-hydrogen) atoms. The van der Waals surface area contributed by atoms with Gasteiger partial charge < -0.3 is 15.1 Å². The van der Waals surface area contributed by atoms with E-state index in [4.69, 9.17) is 4.42 Å². The van der Waals surface area contributed by atoms with Gasteiger partial charge in [0.1, 0.15) is 16.5 Å². The van der Waals surface area contributed by atoms with Crippen molar-refractivity contribution in [2.24, 2.45) is 4.99 Å². The van der Waals surface area contributed by atoms with Gasteiger partial charge in [0.2, 0.25) is 0 Å². The van der Waals surface area contributed by atoms with E-state index in [-0.39, 0.29) is 47.2 Å². The monoisotopic (exact) mass is 564 g/mol. The van der Waals surface area contributed by atoms with Crippen molar-refractivity contribution in [1.82, 2.24) is 15.5 Å². The zero-order chi connectivity index (χ0) is 21.4. The summed E-state index contributed by atoms with van der Waals surface area (Å²) in [7, 11) is -2.09. The number of nitrogens with one attached hydrogen (secondary N) is 2. The van der Waals surface area contributed by atoms with Crippen molar-refractivity contribution in [2.75, 3.05) is 39.0 Å². The minimum absolute atomic E-state index is 0. The van der Waals surface area contributed by atoms with Crippen molar-refractivity contribution in [3.8, 4) is 0 Å². The van der Waals surface area contributed by atoms with E-state index < -0.39 is 15.7 Å². The number of halogens is 2. The molecule has 1 fully saturated rings. The van der Waals surface area contributed by atoms with Crippen molar-refractivity contribution in [3.05, 3.63) is 54.2 Å². The van der Waals surface area contributed by atoms with Crippen LogP contribution in [0.5, 0.6) is 0 Å². The minimum Gasteiger partial charge on any atom is -0.468 e. The van der Waals surface area contributed by atoms with E-state index in [1.807, 2.05) is 12.1 Å². The number of aliphatic imine (C=N–C) groups is 1. The molecule has 2 aromatic rings. The Hall–Kier alpha value is -1.66. The molecule has 1 saturated heterocycles. The number of rotatable bonds is 8. The van der Waals surface area contributed by atoms with Gasteiger partial charge in [-0.25, -0.2) is 12.8 Å². The van der Waals surface area contributed by atoms with Gasteiger partial charge in [0.15, 0.2) is 15.8 Å². The van der Waals surface area contributed by atoms with Gasteiger partial charge in [-0.2, -0.15) is 0 Å². The van der Waals surface area contributed by atoms with Crippen LogP contribution in [-0.2, 0) is 9.84 Å². The number of hydrogen-bond donors (Lipinski definition) is 2. The number of nitrogens with zero attached hydrogens (tertiary/aromatic N) is 2. The summed E-state index contributed by atoms with van der Waals surface area (Å²) in [6, 6.07) is 9.34. The third kappa shape index (κ3) is 7.18. The van der Waals surface area contributed by atoms with Crippen molar-refractivity contribution in [3.63, 3.8) is 0 Å². The van der Waals surface area contributed by atoms with E-state index in [0.29, 0.717) is 12.5 Å². The zero-order valence-corrected chi connectivity index (χ0v) is 20.7. The van der Waals surface area contributed by atoms with Gasteiger partial charge in [-0.05, 0) is 50.2 Å². The van der Waals surface area contributed by atoms with Gasteiger partial charge in [-0.15, -0.1) is 24.0 Å². The molecule has 1 aromatic carbocycles. The lowest BCUT2D eigenvalue weighted by Gasteiger charge is -2.33. The molecule has 1 aliphatic heterocycles. The molecular formula is C21H30FIN4O3S. The van der Waals surface area contributed by atoms with Gasteiger partial charge >= 0.3 is 0 Å². The summed E-state index contributed by atoms with van der Waals surface area (Å²) in [5.74, 6) is 0.416. The van der Waals surface area contributed by atoms with Gasteiger partial charge in [-0.1, -0.05) is 18.6 Å². The quantitative estimate of drug-likeness (QED) is 0.291. The SMILES string of the molecule is CN=C(NCCS(=O)(=O)c1ccccc1F)NCC(c1ccco1)N1CCCCC1.I. The van der Waals surface area contributed by atoms with Crippen LogP contribution in [0.25, 0.3) is 0 Å². The first-order valence-corrected chi connectivity index (χ1v) is 11.9. The smallest absolute Gasteiger partial charge is 0.191 e. The molecule has 0 radical (unpaired) electrons. The average molecular weight is 564 g/mol. The van der Waals surface area contributed by atoms with Crippen LogP contribution in [-0.4, -0.2) is 58.3 Å². The molecule has 10 heteroatoms. The molecule has 0 saturated carbocycles. The summed E-state index contributed by atoms with van der Waals surface area (Å²) < 4.78 is 44.2. The van der Waals surface area contributed by atoms with Crippen LogP contribution in [0, 0.1) is 5.82 Å². The fourth-order valence-electron chi connectivity index (χ4n) is 3.65. The standard InChI is InChI=1S/C21H29FN4O3S.HI/c1-23-21(24-11-15-30(27,28)20-10-4-3-8-17(20)22)25-16-18(19-9-7-14-29-19)26-12-5-2-6-13-26;/h3-4,7-10,14,18H,2,5-6,11-13,15-16H2,1H3,(H2,23,24,25);1H. The molecule has 7 nitrogen and oxygen atoms in total. The Bertz CT molecular complexity index is 932. The summed E-state index contributed by atoms with van der Waals surface area (Å²) in [4.78, 5) is 6.29. The lowest BCUT2D eigenvalue weighted by atomic mass is 10.1. The van der Waals surface area contributed by atoms with Crippen LogP contribution in [0.4, 0.5) is 4.39 Å². The molecule has 1 aliphatic rings. The van der Waals surface area contributed by atoms with Gasteiger partial charge in [-0.3, -0.25) is 9.89 Å². The van der Waals surface area contributed by atoms with Gasteiger partial charge in [0, 0.05) is 20.1 Å². The number of benzene rings is 1. The Morgan fingerprint density at radius 1 is 1.16 bits per heavy atom. The fourth-order valence-corrected chi connectivity index (χ4v) is 4.89. The molecule has 2 N–H and O–H groups in total. The first-order valence-electron chi connectivity index (χ1n) is 10.2. The van der Waals surface area contributed by atoms with E-state index in [9.17, 15) is 12.8 Å². The maximum absolute atomic E-state index is 13.8. The second kappa shape index (κ2) is 12.4. The van der Waals surface area contributed by atoms with Crippen LogP contribution >= 0.6 is 24.0 Å². The molecule has 0 bridgehead atoms. The molecule has 0 spiro atoms. The second-order valence-electron chi connectivity index (χ2n) is 7.26. The average Bonchev–Trinajstić information content (AvgIpc) is 3.28. The lowest BCUT2D eigenvalue weighted by Crippen LogP contribution is -2.45. The molecule has 1 aromatic heterocycles. The van der Waals surface area contributed by atoms with E-state index in [1.54, 1.807) is 13.3 Å². The summed E-state index contributed by atoms with van der Waals surface area (Å²) in [6.07, 6.45) is 5.25. The topological polar surface area (TPSA) is 86.9 Å². The number of sulfone groups is 1. The summed E-state index contributed by atoms with van der Waals surface area (Å²) in [5, 5.41) is 6.27. The van der Waals surface area contributed by atoms with E-state index >= 15 is 0 Å². The molecule has 172 valence electrons. The lowest BCUT2D eigenvalue weighted by molar-refractivity contribution is 0.146. The van der Waals surface area contributed by atoms with Crippen LogP contribution < -0.4 is 10.6 Å². The Morgan fingerprint density at radius 3 is 2.55 bits per heavy atom. The highest BCUT2D eigenvalue weighted by Crippen LogP contribution is 2.24. The zero-order valence-electron chi connectivity index (χ0n) is 17.6. The van der Waals surface area contributed by atoms with E-state index in [2.05, 4.69) is 20.5 Å². The Labute approximate surface area is 200 Å². The van der Waals surface area contributed by atoms with Crippen molar-refractivity contribution >= 4 is 39.8 Å². The van der Waals surface area contributed by atoms with Crippen molar-refractivity contribution < 1.29 is 17.2 Å². The fraction of sp³-hybridized carbons (Fsp3) is 0.476. The summed E-state index contributed by atoms with van der Waals surface area (Å²) >= 11 is 0. The van der Waals surface area contributed by atoms with Crippen LogP contribution in [0.1, 0.15) is 31.1 Å². The number of furan rings is 1. The first kappa shape index (κ1) is 25.6. The number of guanidine groups is 1.